The van der Waals surface area contributed by atoms with E-state index in [1.54, 1.807) is 14.2 Å². The first-order valence-corrected chi connectivity index (χ1v) is 6.92. The minimum atomic E-state index is -1.13. The smallest absolute Gasteiger partial charge is 0.485 e. The predicted octanol–water partition coefficient (Wildman–Crippen LogP) is 0.473. The molecular weight excluding hydrogens is 187 g/mol. The largest absolute Gasteiger partial charge is 0.498 e. The highest BCUT2D eigenvalue weighted by Crippen LogP contribution is 1.88. The molecule has 0 aromatic carbocycles. The van der Waals surface area contributed by atoms with Gasteiger partial charge < -0.3 is 18.0 Å². The van der Waals surface area contributed by atoms with Gasteiger partial charge in [0.25, 0.3) is 0 Å². The quantitative estimate of drug-likeness (QED) is 0.406. The molecule has 0 atom stereocenters. The molecule has 0 rings (SSSR count). The van der Waals surface area contributed by atoms with Crippen molar-refractivity contribution in [3.8, 4) is 0 Å². The number of hydrogen-bond donors (Lipinski definition) is 0. The molecule has 0 unspecified atom stereocenters. The monoisotopic (exact) mass is 206 g/mol. The highest BCUT2D eigenvalue weighted by molar-refractivity contribution is 6.50. The van der Waals surface area contributed by atoms with E-state index in [-0.39, 0.29) is 0 Å². The molecule has 0 saturated heterocycles. The minimum Gasteiger partial charge on any atom is -0.498 e. The lowest BCUT2D eigenvalue weighted by Crippen LogP contribution is -2.24. The van der Waals surface area contributed by atoms with Crippen LogP contribution >= 0.6 is 0 Å². The zero-order chi connectivity index (χ0) is 9.94. The Morgan fingerprint density at radius 1 is 0.923 bits per heavy atom. The van der Waals surface area contributed by atoms with Gasteiger partial charge in [-0.25, -0.2) is 0 Å². The van der Waals surface area contributed by atoms with Crippen molar-refractivity contribution >= 4 is 14.5 Å². The molecule has 5 heteroatoms. The molecule has 0 heterocycles. The first kappa shape index (κ1) is 13.4. The normalized spacial score (nSPS) is 10.4. The summed E-state index contributed by atoms with van der Waals surface area (Å²) in [5.41, 5.74) is 0.743. The van der Waals surface area contributed by atoms with E-state index in [0.29, 0.717) is 26.4 Å². The van der Waals surface area contributed by atoms with E-state index in [1.165, 1.54) is 0 Å². The summed E-state index contributed by atoms with van der Waals surface area (Å²) in [5, 5.41) is 0. The summed E-state index contributed by atoms with van der Waals surface area (Å²) < 4.78 is 20.6. The summed E-state index contributed by atoms with van der Waals surface area (Å²) in [5.74, 6) is 2.11. The summed E-state index contributed by atoms with van der Waals surface area (Å²) in [7, 11) is 3.34. The lowest BCUT2D eigenvalue weighted by molar-refractivity contribution is 0.0831. The maximum absolute atomic E-state index is 5.51. The molecule has 4 nitrogen and oxygen atoms in total. The standard InChI is InChI=1S/C4H9O2.C3H7O2.CH3.Al/c1-5-3-4-6-2;1-5-3-2-4;;/h1,3-4H2,2H3;2-3H2,1H3;1H3;/q;-1;;+1. The van der Waals surface area contributed by atoms with Crippen LogP contribution in [0, 0.1) is 0 Å². The van der Waals surface area contributed by atoms with Crippen LogP contribution < -0.4 is 0 Å². The fourth-order valence-corrected chi connectivity index (χ4v) is 1.87. The molecule has 0 aliphatic carbocycles. The Balaban J connectivity index is 3.05. The maximum atomic E-state index is 5.51. The molecule has 0 radical (unpaired) electrons. The van der Waals surface area contributed by atoms with Gasteiger partial charge >= 0.3 is 14.5 Å². The van der Waals surface area contributed by atoms with Crippen LogP contribution in [-0.4, -0.2) is 60.6 Å². The Morgan fingerprint density at radius 2 is 1.54 bits per heavy atom. The minimum absolute atomic E-state index is 0.652. The number of methoxy groups -OCH3 is 2. The first-order chi connectivity index (χ1) is 6.31. The molecule has 0 spiro atoms. The lowest BCUT2D eigenvalue weighted by Gasteiger charge is -2.08. The van der Waals surface area contributed by atoms with E-state index in [1.807, 2.05) is 0 Å². The summed E-state index contributed by atoms with van der Waals surface area (Å²) in [6.07, 6.45) is 0. The van der Waals surface area contributed by atoms with Gasteiger partial charge in [0.1, 0.15) is 0 Å². The second kappa shape index (κ2) is 10.5. The third-order valence-electron chi connectivity index (χ3n) is 1.47. The third-order valence-corrected chi connectivity index (χ3v) is 2.98. The van der Waals surface area contributed by atoms with Gasteiger partial charge in [-0.15, -0.1) is 0 Å². The number of rotatable bonds is 9. The topological polar surface area (TPSA) is 36.9 Å². The van der Waals surface area contributed by atoms with Crippen molar-refractivity contribution in [1.82, 2.24) is 0 Å². The molecule has 78 valence electrons. The van der Waals surface area contributed by atoms with E-state index in [2.05, 4.69) is 5.79 Å². The molecule has 0 saturated carbocycles. The van der Waals surface area contributed by atoms with Gasteiger partial charge in [-0.2, -0.15) is 0 Å². The SMILES string of the molecule is COCCO[CH2][Al]([CH3])[O]CCOC. The molecule has 0 aromatic rings. The van der Waals surface area contributed by atoms with Crippen LogP contribution in [0.15, 0.2) is 0 Å². The van der Waals surface area contributed by atoms with Crippen LogP contribution in [0.4, 0.5) is 0 Å². The molecule has 13 heavy (non-hydrogen) atoms. The second-order valence-corrected chi connectivity index (χ2v) is 5.03. The Kier molecular flexibility index (Phi) is 10.8. The molecular formula is C8H19AlO4. The Hall–Kier alpha value is 0.372. The van der Waals surface area contributed by atoms with Crippen LogP contribution in [0.25, 0.3) is 0 Å². The Bertz CT molecular complexity index is 102. The van der Waals surface area contributed by atoms with Crippen molar-refractivity contribution in [2.24, 2.45) is 0 Å². The van der Waals surface area contributed by atoms with Gasteiger partial charge in [-0.3, -0.25) is 0 Å². The number of hydrogen-bond acceptors (Lipinski definition) is 4. The van der Waals surface area contributed by atoms with E-state index in [9.17, 15) is 0 Å². The maximum Gasteiger partial charge on any atom is 0.485 e. The Labute approximate surface area is 84.8 Å². The summed E-state index contributed by atoms with van der Waals surface area (Å²) >= 11 is -1.13. The van der Waals surface area contributed by atoms with Crippen LogP contribution in [0.3, 0.4) is 0 Å². The van der Waals surface area contributed by atoms with E-state index in [4.69, 9.17) is 18.0 Å². The van der Waals surface area contributed by atoms with Crippen molar-refractivity contribution < 1.29 is 18.0 Å². The van der Waals surface area contributed by atoms with Crippen LogP contribution in [-0.2, 0) is 18.0 Å². The highest BCUT2D eigenvalue weighted by atomic mass is 27.2. The Morgan fingerprint density at radius 3 is 2.15 bits per heavy atom. The van der Waals surface area contributed by atoms with Gasteiger partial charge in [0.05, 0.1) is 19.8 Å². The fourth-order valence-electron chi connectivity index (χ4n) is 0.772. The predicted molar refractivity (Wildman–Crippen MR) is 52.1 cm³/mol. The highest BCUT2D eigenvalue weighted by Gasteiger charge is 2.12. The van der Waals surface area contributed by atoms with Crippen LogP contribution in [0.5, 0.6) is 0 Å². The molecule has 0 aromatic heterocycles. The van der Waals surface area contributed by atoms with E-state index >= 15 is 0 Å². The summed E-state index contributed by atoms with van der Waals surface area (Å²) in [6, 6.07) is 0. The van der Waals surface area contributed by atoms with Gasteiger partial charge in [0.15, 0.2) is 0 Å². The molecule has 0 aliphatic heterocycles. The van der Waals surface area contributed by atoms with E-state index in [0.717, 1.165) is 5.47 Å². The summed E-state index contributed by atoms with van der Waals surface area (Å²) in [4.78, 5) is 0. The average molecular weight is 206 g/mol. The van der Waals surface area contributed by atoms with Crippen molar-refractivity contribution in [1.29, 1.82) is 0 Å². The van der Waals surface area contributed by atoms with Crippen LogP contribution in [0.2, 0.25) is 5.79 Å². The molecule has 0 amide bonds. The lowest BCUT2D eigenvalue weighted by atomic mass is 10.8. The van der Waals surface area contributed by atoms with Crippen molar-refractivity contribution in [2.75, 3.05) is 46.1 Å². The zero-order valence-electron chi connectivity index (χ0n) is 8.75. The zero-order valence-corrected chi connectivity index (χ0v) is 9.90. The molecule has 0 fully saturated rings. The fraction of sp³-hybridized carbons (Fsp3) is 1.00. The van der Waals surface area contributed by atoms with E-state index < -0.39 is 14.5 Å². The van der Waals surface area contributed by atoms with Gasteiger partial charge in [0.2, 0.25) is 0 Å². The van der Waals surface area contributed by atoms with Crippen molar-refractivity contribution in [3.05, 3.63) is 0 Å². The van der Waals surface area contributed by atoms with Crippen molar-refractivity contribution in [3.63, 3.8) is 0 Å². The first-order valence-electron chi connectivity index (χ1n) is 4.48. The molecule has 0 N–H and O–H groups in total. The average Bonchev–Trinajstić information content (AvgIpc) is 2.13. The van der Waals surface area contributed by atoms with Gasteiger partial charge in [-0.05, 0) is 0 Å². The van der Waals surface area contributed by atoms with Crippen LogP contribution in [0.1, 0.15) is 0 Å². The second-order valence-electron chi connectivity index (χ2n) is 2.74. The molecule has 0 bridgehead atoms. The van der Waals surface area contributed by atoms with Gasteiger partial charge in [0, 0.05) is 26.3 Å². The number of ether oxygens (including phenoxy) is 3. The van der Waals surface area contributed by atoms with Crippen molar-refractivity contribution in [2.45, 2.75) is 5.79 Å². The summed E-state index contributed by atoms with van der Waals surface area (Å²) in [6.45, 7) is 2.65. The van der Waals surface area contributed by atoms with Gasteiger partial charge in [-0.1, -0.05) is 5.79 Å². The third kappa shape index (κ3) is 10.3. The molecule has 0 aliphatic rings.